The number of carbonyl (C=O) groups excluding carboxylic acids is 1. The van der Waals surface area contributed by atoms with Crippen LogP contribution in [0, 0.1) is 0 Å². The van der Waals surface area contributed by atoms with Gasteiger partial charge >= 0.3 is 17.1 Å². The van der Waals surface area contributed by atoms with Crippen LogP contribution in [0.4, 0.5) is 11.4 Å². The molecule has 0 bridgehead atoms. The van der Waals surface area contributed by atoms with Gasteiger partial charge in [-0.1, -0.05) is 79.5 Å². The SMILES string of the molecule is C1=CCC=C1.Nc1ccc2c(N3CCN(Cc4cn(CCCCCCCCOc5ccc(C(=O)/C=C/C6=CCC=C6)cc5)nn4)CC3)ccnc2c1.[Fe+2]. The van der Waals surface area contributed by atoms with E-state index in [2.05, 4.69) is 79.9 Å². The van der Waals surface area contributed by atoms with Gasteiger partial charge in [0.2, 0.25) is 0 Å². The monoisotopic (exact) mass is 753 g/mol. The van der Waals surface area contributed by atoms with Crippen molar-refractivity contribution in [2.24, 2.45) is 0 Å². The van der Waals surface area contributed by atoms with Crippen molar-refractivity contribution < 1.29 is 26.6 Å². The number of piperazine rings is 1. The molecule has 2 aromatic heterocycles. The van der Waals surface area contributed by atoms with Crippen molar-refractivity contribution in [3.63, 3.8) is 0 Å². The van der Waals surface area contributed by atoms with Crippen molar-refractivity contribution >= 4 is 28.1 Å². The Balaban J connectivity index is 0.000000833. The molecule has 0 amide bonds. The Morgan fingerprint density at radius 3 is 2.38 bits per heavy atom. The zero-order valence-corrected chi connectivity index (χ0v) is 31.6. The van der Waals surface area contributed by atoms with Gasteiger partial charge in [-0.25, -0.2) is 0 Å². The predicted octanol–water partition coefficient (Wildman–Crippen LogP) is 8.28. The Morgan fingerprint density at radius 2 is 1.64 bits per heavy atom. The van der Waals surface area contributed by atoms with Crippen LogP contribution >= 0.6 is 0 Å². The summed E-state index contributed by atoms with van der Waals surface area (Å²) in [5, 5.41) is 9.98. The molecule has 2 aromatic carbocycles. The number of nitrogen functional groups attached to an aromatic ring is 1. The molecule has 1 fully saturated rings. The number of benzene rings is 2. The number of aryl methyl sites for hydroxylation is 1. The van der Waals surface area contributed by atoms with Gasteiger partial charge in [0, 0.05) is 74.0 Å². The van der Waals surface area contributed by atoms with Crippen LogP contribution in [0.3, 0.4) is 0 Å². The van der Waals surface area contributed by atoms with E-state index in [0.29, 0.717) is 12.2 Å². The Labute approximate surface area is 324 Å². The molecule has 3 aliphatic rings. The van der Waals surface area contributed by atoms with Crippen LogP contribution in [0.25, 0.3) is 10.9 Å². The first kappa shape index (κ1) is 39.4. The number of hydrogen-bond acceptors (Lipinski definition) is 8. The molecule has 276 valence electrons. The number of carbonyl (C=O) groups is 1. The van der Waals surface area contributed by atoms with Crippen molar-refractivity contribution in [1.82, 2.24) is 24.9 Å². The van der Waals surface area contributed by atoms with E-state index in [1.165, 1.54) is 24.9 Å². The summed E-state index contributed by atoms with van der Waals surface area (Å²) in [4.78, 5) is 21.8. The van der Waals surface area contributed by atoms with Gasteiger partial charge in [0.25, 0.3) is 0 Å². The first-order valence-corrected chi connectivity index (χ1v) is 18.7. The van der Waals surface area contributed by atoms with Gasteiger partial charge in [-0.2, -0.15) is 0 Å². The third-order valence-corrected chi connectivity index (χ3v) is 9.50. The summed E-state index contributed by atoms with van der Waals surface area (Å²) >= 11 is 0. The van der Waals surface area contributed by atoms with Gasteiger partial charge in [-0.3, -0.25) is 19.4 Å². The third kappa shape index (κ3) is 12.4. The molecule has 1 saturated heterocycles. The van der Waals surface area contributed by atoms with Crippen LogP contribution in [-0.2, 0) is 30.2 Å². The molecular weight excluding hydrogens is 702 g/mol. The number of hydrogen-bond donors (Lipinski definition) is 1. The normalized spacial score (nSPS) is 15.1. The van der Waals surface area contributed by atoms with Crippen LogP contribution < -0.4 is 15.4 Å². The number of ketones is 1. The van der Waals surface area contributed by atoms with Crippen molar-refractivity contribution in [3.05, 3.63) is 132 Å². The molecule has 10 heteroatoms. The number of fused-ring (bicyclic) bond motifs is 1. The molecule has 0 spiro atoms. The molecule has 4 aromatic rings. The van der Waals surface area contributed by atoms with Crippen LogP contribution in [-0.4, -0.2) is 63.4 Å². The molecule has 3 heterocycles. The van der Waals surface area contributed by atoms with E-state index in [9.17, 15) is 4.79 Å². The van der Waals surface area contributed by atoms with E-state index in [-0.39, 0.29) is 22.9 Å². The number of allylic oxidation sites excluding steroid dienone is 10. The van der Waals surface area contributed by atoms with Crippen LogP contribution in [0.15, 0.2) is 121 Å². The molecular formula is C43H51FeN7O2+2. The minimum Gasteiger partial charge on any atom is -0.494 e. The Hall–Kier alpha value is -4.76. The second-order valence-electron chi connectivity index (χ2n) is 13.5. The molecule has 0 unspecified atom stereocenters. The van der Waals surface area contributed by atoms with E-state index < -0.39 is 0 Å². The fraction of sp³-hybridized carbons (Fsp3) is 0.349. The Morgan fingerprint density at radius 1 is 0.868 bits per heavy atom. The number of nitrogens with two attached hydrogens (primary N) is 1. The number of ether oxygens (including phenoxy) is 1. The second-order valence-corrected chi connectivity index (χ2v) is 13.5. The van der Waals surface area contributed by atoms with E-state index >= 15 is 0 Å². The fourth-order valence-corrected chi connectivity index (χ4v) is 6.57. The summed E-state index contributed by atoms with van der Waals surface area (Å²) in [6.45, 7) is 6.34. The van der Waals surface area contributed by atoms with Gasteiger partial charge < -0.3 is 15.4 Å². The number of unbranched alkanes of at least 4 members (excludes halogenated alkanes) is 5. The zero-order valence-electron chi connectivity index (χ0n) is 30.5. The molecule has 7 rings (SSSR count). The van der Waals surface area contributed by atoms with Gasteiger partial charge in [0.1, 0.15) is 5.75 Å². The van der Waals surface area contributed by atoms with E-state index in [0.717, 1.165) is 105 Å². The van der Waals surface area contributed by atoms with Gasteiger partial charge in [0.15, 0.2) is 5.78 Å². The Kier molecular flexibility index (Phi) is 15.7. The zero-order chi connectivity index (χ0) is 35.8. The maximum absolute atomic E-state index is 12.4. The van der Waals surface area contributed by atoms with Crippen LogP contribution in [0.5, 0.6) is 5.75 Å². The topological polar surface area (TPSA) is 102 Å². The van der Waals surface area contributed by atoms with Crippen molar-refractivity contribution in [2.75, 3.05) is 43.4 Å². The molecule has 0 saturated carbocycles. The maximum atomic E-state index is 12.4. The maximum Gasteiger partial charge on any atom is 2.00 e. The van der Waals surface area contributed by atoms with E-state index in [1.807, 2.05) is 59.4 Å². The summed E-state index contributed by atoms with van der Waals surface area (Å²) in [6.07, 6.45) is 31.0. The summed E-state index contributed by atoms with van der Waals surface area (Å²) in [5.41, 5.74) is 11.7. The molecule has 53 heavy (non-hydrogen) atoms. The minimum absolute atomic E-state index is 0. The number of rotatable bonds is 16. The van der Waals surface area contributed by atoms with Crippen LogP contribution in [0.2, 0.25) is 0 Å². The molecule has 0 radical (unpaired) electrons. The number of nitrogens with zero attached hydrogens (tertiary/aromatic N) is 6. The summed E-state index contributed by atoms with van der Waals surface area (Å²) < 4.78 is 7.88. The number of pyridine rings is 1. The van der Waals surface area contributed by atoms with Crippen molar-refractivity contribution in [3.8, 4) is 5.75 Å². The predicted molar refractivity (Wildman–Crippen MR) is 212 cm³/mol. The number of aromatic nitrogens is 4. The first-order valence-electron chi connectivity index (χ1n) is 18.7. The standard InChI is InChI=1S/C38H45N7O2.C5H6.Fe/c39-32-14-17-35-36(27-32)40-20-19-37(35)44-24-22-43(23-25-44)28-33-29-45(42-41-33)21-7-3-1-2-4-8-26-47-34-15-12-31(13-16-34)38(46)18-11-30-9-5-6-10-30;1-2-4-5-3-1;/h5,9-20,27,29H,1-4,6-8,21-26,28,39H2;1-4H,5H2;/q;;+2/b18-11+;;. The smallest absolute Gasteiger partial charge is 0.494 e. The largest absolute Gasteiger partial charge is 2.00 e. The summed E-state index contributed by atoms with van der Waals surface area (Å²) in [7, 11) is 0. The average Bonchev–Trinajstić information content (AvgIpc) is 4.00. The Bertz CT molecular complexity index is 1890. The van der Waals surface area contributed by atoms with Gasteiger partial charge in [-0.05, 0) is 85.9 Å². The second kappa shape index (κ2) is 21.1. The number of anilines is 2. The average molecular weight is 754 g/mol. The van der Waals surface area contributed by atoms with E-state index in [4.69, 9.17) is 10.5 Å². The summed E-state index contributed by atoms with van der Waals surface area (Å²) in [6, 6.07) is 15.5. The van der Waals surface area contributed by atoms with Gasteiger partial charge in [-0.15, -0.1) is 5.10 Å². The van der Waals surface area contributed by atoms with Crippen molar-refractivity contribution in [2.45, 2.75) is 64.5 Å². The first-order chi connectivity index (χ1) is 25.6. The molecule has 0 atom stereocenters. The van der Waals surface area contributed by atoms with Crippen molar-refractivity contribution in [1.29, 1.82) is 0 Å². The quantitative estimate of drug-likeness (QED) is 0.0401. The van der Waals surface area contributed by atoms with Crippen LogP contribution in [0.1, 0.15) is 67.4 Å². The molecule has 1 aliphatic heterocycles. The molecule has 2 N–H and O–H groups in total. The summed E-state index contributed by atoms with van der Waals surface area (Å²) in [5.74, 6) is 0.821. The minimum atomic E-state index is 0. The third-order valence-electron chi connectivity index (χ3n) is 9.50. The fourth-order valence-electron chi connectivity index (χ4n) is 6.57. The molecule has 9 nitrogen and oxygen atoms in total. The van der Waals surface area contributed by atoms with E-state index in [1.54, 1.807) is 6.08 Å². The molecule has 2 aliphatic carbocycles. The van der Waals surface area contributed by atoms with Gasteiger partial charge in [0.05, 0.1) is 17.8 Å².